The molecule has 0 radical (unpaired) electrons. The molecule has 0 N–H and O–H groups in total. The van der Waals surface area contributed by atoms with Gasteiger partial charge in [0.1, 0.15) is 6.61 Å². The fourth-order valence-electron chi connectivity index (χ4n) is 1.77. The van der Waals surface area contributed by atoms with Crippen LogP contribution >= 0.6 is 0 Å². The van der Waals surface area contributed by atoms with Gasteiger partial charge in [-0.2, -0.15) is 0 Å². The van der Waals surface area contributed by atoms with E-state index >= 15 is 0 Å². The average Bonchev–Trinajstić information content (AvgIpc) is 2.46. The summed E-state index contributed by atoms with van der Waals surface area (Å²) >= 11 is 0. The van der Waals surface area contributed by atoms with Gasteiger partial charge in [0.2, 0.25) is 0 Å². The summed E-state index contributed by atoms with van der Waals surface area (Å²) in [6.45, 7) is 7.45. The van der Waals surface area contributed by atoms with Crippen LogP contribution in [0.25, 0.3) is 0 Å². The summed E-state index contributed by atoms with van der Waals surface area (Å²) in [5.41, 5.74) is 0. The first-order valence-corrected chi connectivity index (χ1v) is 8.14. The number of rotatable bonds is 16. The maximum absolute atomic E-state index is 10.5. The van der Waals surface area contributed by atoms with Crippen LogP contribution in [0.4, 0.5) is 0 Å². The lowest BCUT2D eigenvalue weighted by Crippen LogP contribution is -2.13. The van der Waals surface area contributed by atoms with Crippen LogP contribution in [0.15, 0.2) is 0 Å². The molecule has 0 saturated heterocycles. The van der Waals surface area contributed by atoms with Crippen LogP contribution in [0.1, 0.15) is 52.4 Å². The van der Waals surface area contributed by atoms with Gasteiger partial charge in [-0.3, -0.25) is 4.79 Å². The first-order valence-electron chi connectivity index (χ1n) is 8.14. The highest BCUT2D eigenvalue weighted by Gasteiger charge is 1.94. The van der Waals surface area contributed by atoms with E-state index in [1.807, 2.05) is 0 Å². The third-order valence-electron chi connectivity index (χ3n) is 2.92. The number of esters is 1. The minimum Gasteiger partial charge on any atom is -0.463 e. The molecule has 0 spiro atoms. The summed E-state index contributed by atoms with van der Waals surface area (Å²) in [5.74, 6) is -0.280. The number of hydrogen-bond donors (Lipinski definition) is 0. The lowest BCUT2D eigenvalue weighted by molar-refractivity contribution is -0.142. The molecule has 0 aromatic carbocycles. The number of unbranched alkanes of at least 4 members (excludes halogenated alkanes) is 5. The number of hydrogen-bond acceptors (Lipinski definition) is 5. The van der Waals surface area contributed by atoms with Crippen molar-refractivity contribution in [1.29, 1.82) is 0 Å². The Labute approximate surface area is 129 Å². The first kappa shape index (κ1) is 20.3. The van der Waals surface area contributed by atoms with Crippen LogP contribution in [0, 0.1) is 0 Å². The summed E-state index contributed by atoms with van der Waals surface area (Å²) in [7, 11) is 0. The molecular weight excluding hydrogens is 272 g/mol. The van der Waals surface area contributed by atoms with E-state index in [1.54, 1.807) is 0 Å². The maximum Gasteiger partial charge on any atom is 0.302 e. The zero-order valence-corrected chi connectivity index (χ0v) is 13.7. The summed E-state index contributed by atoms with van der Waals surface area (Å²) in [5, 5.41) is 0. The molecule has 0 saturated carbocycles. The van der Waals surface area contributed by atoms with E-state index in [0.717, 1.165) is 13.0 Å². The average molecular weight is 304 g/mol. The SMILES string of the molecule is CCCCCCCCOCCOCCOCCOC(C)=O. The van der Waals surface area contributed by atoms with E-state index in [4.69, 9.17) is 18.9 Å². The number of ether oxygens (including phenoxy) is 4. The predicted octanol–water partition coefficient (Wildman–Crippen LogP) is 2.96. The molecular formula is C16H32O5. The standard InChI is InChI=1S/C16H32O5/c1-3-4-5-6-7-8-9-18-10-11-19-12-13-20-14-15-21-16(2)17/h3-15H2,1-2H3. The molecule has 0 aliphatic heterocycles. The molecule has 0 aliphatic carbocycles. The van der Waals surface area contributed by atoms with Gasteiger partial charge in [0.25, 0.3) is 0 Å². The quantitative estimate of drug-likeness (QED) is 0.324. The Balaban J connectivity index is 2.95. The van der Waals surface area contributed by atoms with Gasteiger partial charge in [-0.15, -0.1) is 0 Å². The Morgan fingerprint density at radius 3 is 1.71 bits per heavy atom. The van der Waals surface area contributed by atoms with E-state index in [1.165, 1.54) is 39.0 Å². The van der Waals surface area contributed by atoms with Crippen LogP contribution in [0.5, 0.6) is 0 Å². The van der Waals surface area contributed by atoms with Crippen molar-refractivity contribution in [2.45, 2.75) is 52.4 Å². The molecule has 0 unspecified atom stereocenters. The van der Waals surface area contributed by atoms with Crippen molar-refractivity contribution < 1.29 is 23.7 Å². The monoisotopic (exact) mass is 304 g/mol. The van der Waals surface area contributed by atoms with Gasteiger partial charge in [-0.05, 0) is 6.42 Å². The predicted molar refractivity (Wildman–Crippen MR) is 82.5 cm³/mol. The van der Waals surface area contributed by atoms with Crippen molar-refractivity contribution >= 4 is 5.97 Å². The molecule has 0 atom stereocenters. The molecule has 0 amide bonds. The molecule has 0 bridgehead atoms. The first-order chi connectivity index (χ1) is 10.3. The van der Waals surface area contributed by atoms with Crippen LogP contribution in [0.2, 0.25) is 0 Å². The Morgan fingerprint density at radius 2 is 1.14 bits per heavy atom. The van der Waals surface area contributed by atoms with E-state index in [2.05, 4.69) is 6.92 Å². The van der Waals surface area contributed by atoms with Crippen LogP contribution in [0.3, 0.4) is 0 Å². The van der Waals surface area contributed by atoms with Gasteiger partial charge in [-0.1, -0.05) is 39.0 Å². The summed E-state index contributed by atoms with van der Waals surface area (Å²) in [4.78, 5) is 10.5. The summed E-state index contributed by atoms with van der Waals surface area (Å²) < 4.78 is 20.8. The van der Waals surface area contributed by atoms with Crippen LogP contribution in [-0.4, -0.2) is 52.2 Å². The lowest BCUT2D eigenvalue weighted by atomic mass is 10.1. The van der Waals surface area contributed by atoms with Crippen LogP contribution < -0.4 is 0 Å². The van der Waals surface area contributed by atoms with Gasteiger partial charge >= 0.3 is 5.97 Å². The van der Waals surface area contributed by atoms with E-state index in [0.29, 0.717) is 39.6 Å². The highest BCUT2D eigenvalue weighted by molar-refractivity contribution is 5.65. The zero-order valence-electron chi connectivity index (χ0n) is 13.7. The van der Waals surface area contributed by atoms with Gasteiger partial charge in [0.05, 0.1) is 33.0 Å². The fraction of sp³-hybridized carbons (Fsp3) is 0.938. The Kier molecular flexibility index (Phi) is 16.9. The maximum atomic E-state index is 10.5. The molecule has 0 fully saturated rings. The van der Waals surface area contributed by atoms with Crippen molar-refractivity contribution in [2.75, 3.05) is 46.2 Å². The highest BCUT2D eigenvalue weighted by Crippen LogP contribution is 2.04. The van der Waals surface area contributed by atoms with E-state index < -0.39 is 0 Å². The topological polar surface area (TPSA) is 54.0 Å². The zero-order chi connectivity index (χ0) is 15.6. The molecule has 21 heavy (non-hydrogen) atoms. The largest absolute Gasteiger partial charge is 0.463 e. The second kappa shape index (κ2) is 17.4. The normalized spacial score (nSPS) is 10.8. The smallest absolute Gasteiger partial charge is 0.302 e. The molecule has 5 nitrogen and oxygen atoms in total. The van der Waals surface area contributed by atoms with Crippen molar-refractivity contribution in [2.24, 2.45) is 0 Å². The number of carbonyl (C=O) groups is 1. The van der Waals surface area contributed by atoms with Crippen LogP contribution in [-0.2, 0) is 23.7 Å². The highest BCUT2D eigenvalue weighted by atomic mass is 16.6. The van der Waals surface area contributed by atoms with Crippen molar-refractivity contribution in [3.8, 4) is 0 Å². The molecule has 0 heterocycles. The Hall–Kier alpha value is -0.650. The number of carbonyl (C=O) groups excluding carboxylic acids is 1. The molecule has 5 heteroatoms. The van der Waals surface area contributed by atoms with Gasteiger partial charge in [0.15, 0.2) is 0 Å². The second-order valence-electron chi connectivity index (χ2n) is 4.94. The van der Waals surface area contributed by atoms with Crippen molar-refractivity contribution in [3.05, 3.63) is 0 Å². The van der Waals surface area contributed by atoms with E-state index in [-0.39, 0.29) is 5.97 Å². The van der Waals surface area contributed by atoms with Gasteiger partial charge in [0, 0.05) is 13.5 Å². The van der Waals surface area contributed by atoms with Crippen molar-refractivity contribution in [3.63, 3.8) is 0 Å². The van der Waals surface area contributed by atoms with Gasteiger partial charge in [-0.25, -0.2) is 0 Å². The molecule has 0 aliphatic rings. The summed E-state index contributed by atoms with van der Waals surface area (Å²) in [6.07, 6.45) is 7.70. The Morgan fingerprint density at radius 1 is 0.667 bits per heavy atom. The molecule has 0 aromatic heterocycles. The Bertz CT molecular complexity index is 221. The third kappa shape index (κ3) is 19.4. The van der Waals surface area contributed by atoms with Crippen molar-refractivity contribution in [1.82, 2.24) is 0 Å². The van der Waals surface area contributed by atoms with E-state index in [9.17, 15) is 4.79 Å². The minimum atomic E-state index is -0.280. The molecule has 0 rings (SSSR count). The molecule has 126 valence electrons. The summed E-state index contributed by atoms with van der Waals surface area (Å²) in [6, 6.07) is 0. The molecule has 0 aromatic rings. The third-order valence-corrected chi connectivity index (χ3v) is 2.92. The fourth-order valence-corrected chi connectivity index (χ4v) is 1.77. The minimum absolute atomic E-state index is 0.280. The lowest BCUT2D eigenvalue weighted by Gasteiger charge is -2.07. The van der Waals surface area contributed by atoms with Gasteiger partial charge < -0.3 is 18.9 Å². The second-order valence-corrected chi connectivity index (χ2v) is 4.94.